The molecule has 132 heavy (non-hydrogen) atoms. The molecule has 0 aliphatic carbocycles. The zero-order valence-electron chi connectivity index (χ0n) is 80.0. The van der Waals surface area contributed by atoms with E-state index >= 15 is 0 Å². The molecular formula is C114H102N12O6+6. The number of nitrogens with zero attached hydrogens (tertiary/aromatic N) is 12. The zero-order chi connectivity index (χ0) is 94.1. The first-order chi connectivity index (χ1) is 65.1. The van der Waals surface area contributed by atoms with Crippen LogP contribution in [0.15, 0.2) is 319 Å². The minimum absolute atomic E-state index is 0.0958. The van der Waals surface area contributed by atoms with Crippen LogP contribution < -0.4 is 27.4 Å². The Bertz CT molecular complexity index is 8580. The molecule has 18 heteroatoms. The second-order valence-corrected chi connectivity index (χ2v) is 34.1. The van der Waals surface area contributed by atoms with Gasteiger partial charge in [-0.15, -0.1) is 0 Å². The van der Waals surface area contributed by atoms with Gasteiger partial charge in [0.05, 0.1) is 57.2 Å². The summed E-state index contributed by atoms with van der Waals surface area (Å²) in [7, 11) is 12.3. The lowest BCUT2D eigenvalue weighted by Crippen LogP contribution is -2.30. The molecule has 0 radical (unpaired) electrons. The number of hydrogen-bond acceptors (Lipinski definition) is 12. The molecule has 18 aromatic heterocycles. The minimum atomic E-state index is -2.30. The van der Waals surface area contributed by atoms with Crippen LogP contribution in [-0.4, -0.2) is 29.9 Å². The SMILES string of the molecule is Cc1cc2c(cn1)oc1c(-c3cccc[n+]3C)c(C)ccc12.Cc1cc2oc3c(-c4cccc[n+]4C)c(C)ccc3c2cn1.Cc1ccc2c(oc3c(C)nccc32)c1-c1cccc[n+]1C.Cc1ccc2c(oc3c(C)nccc32)c1-c1cccc[n+]1C.Cc1ccc2c(oc3cnccc32)c1-c1cccc[n+]1C.[2H]C([2H])([2H])c1nc(C)cc2oc3c(-c4cccc[n+]4C)c(C)ccc3c12. The van der Waals surface area contributed by atoms with E-state index in [0.29, 0.717) is 22.2 Å². The first kappa shape index (κ1) is 81.7. The predicted octanol–water partition coefficient (Wildman–Crippen LogP) is 24.5. The van der Waals surface area contributed by atoms with E-state index in [4.69, 9.17) is 30.6 Å². The predicted molar refractivity (Wildman–Crippen MR) is 526 cm³/mol. The van der Waals surface area contributed by atoms with Gasteiger partial charge in [0.2, 0.25) is 34.2 Å². The molecule has 0 unspecified atom stereocenters. The Hall–Kier alpha value is -16.1. The van der Waals surface area contributed by atoms with Gasteiger partial charge in [-0.2, -0.15) is 0 Å². The first-order valence-corrected chi connectivity index (χ1v) is 44.1. The van der Waals surface area contributed by atoms with Crippen molar-refractivity contribution < 1.29 is 58.0 Å². The van der Waals surface area contributed by atoms with Crippen LogP contribution in [0.2, 0.25) is 0 Å². The van der Waals surface area contributed by atoms with Gasteiger partial charge in [0.25, 0.3) is 0 Å². The fourth-order valence-electron chi connectivity index (χ4n) is 18.3. The molecule has 0 saturated carbocycles. The molecule has 648 valence electrons. The number of pyridine rings is 12. The number of aryl methyl sites for hydroxylation is 18. The summed E-state index contributed by atoms with van der Waals surface area (Å²) >= 11 is 0. The number of fused-ring (bicyclic) bond motifs is 18. The summed E-state index contributed by atoms with van der Waals surface area (Å²) in [5.74, 6) is 0. The molecule has 0 aliphatic heterocycles. The average Bonchev–Trinajstić information content (AvgIpc) is 1.57. The van der Waals surface area contributed by atoms with Gasteiger partial charge in [-0.1, -0.05) is 72.8 Å². The summed E-state index contributed by atoms with van der Waals surface area (Å²) in [6.45, 7) is 20.1. The molecule has 18 heterocycles. The monoisotopic (exact) mass is 1740 g/mol. The van der Waals surface area contributed by atoms with Gasteiger partial charge in [0.1, 0.15) is 87.0 Å². The topological polar surface area (TPSA) is 179 Å². The van der Waals surface area contributed by atoms with Gasteiger partial charge in [0, 0.05) is 201 Å². The lowest BCUT2D eigenvalue weighted by Gasteiger charge is -2.05. The lowest BCUT2D eigenvalue weighted by molar-refractivity contribution is -0.660. The van der Waals surface area contributed by atoms with Crippen LogP contribution in [0.3, 0.4) is 0 Å². The molecule has 0 amide bonds. The second kappa shape index (κ2) is 35.2. The Balaban J connectivity index is 0.000000104. The van der Waals surface area contributed by atoms with Gasteiger partial charge < -0.3 is 26.5 Å². The number of furan rings is 6. The number of hydrogen-bond donors (Lipinski definition) is 0. The first-order valence-electron chi connectivity index (χ1n) is 45.6. The Labute approximate surface area is 768 Å². The van der Waals surface area contributed by atoms with E-state index in [1.807, 2.05) is 162 Å². The van der Waals surface area contributed by atoms with Gasteiger partial charge >= 0.3 is 0 Å². The maximum Gasteiger partial charge on any atom is 0.216 e. The van der Waals surface area contributed by atoms with E-state index in [-0.39, 0.29) is 5.69 Å². The fourth-order valence-corrected chi connectivity index (χ4v) is 18.3. The summed E-state index contributed by atoms with van der Waals surface area (Å²) in [6, 6.07) is 74.4. The third kappa shape index (κ3) is 15.6. The van der Waals surface area contributed by atoms with E-state index in [1.165, 1.54) is 27.8 Å². The molecule has 24 rings (SSSR count). The van der Waals surface area contributed by atoms with Crippen LogP contribution >= 0.6 is 0 Å². The molecular weight excluding hydrogens is 1630 g/mol. The average molecular weight is 1740 g/mol. The van der Waals surface area contributed by atoms with Crippen molar-refractivity contribution in [3.05, 3.63) is 360 Å². The maximum atomic E-state index is 7.88. The van der Waals surface area contributed by atoms with Crippen LogP contribution in [0.1, 0.15) is 71.7 Å². The molecule has 6 aromatic carbocycles. The van der Waals surface area contributed by atoms with Crippen molar-refractivity contribution in [1.82, 2.24) is 29.9 Å². The highest BCUT2D eigenvalue weighted by molar-refractivity contribution is 6.15. The fraction of sp³-hybridized carbons (Fsp3) is 0.158. The van der Waals surface area contributed by atoms with Crippen molar-refractivity contribution >= 4 is 132 Å². The highest BCUT2D eigenvalue weighted by Crippen LogP contribution is 2.44. The van der Waals surface area contributed by atoms with Gasteiger partial charge in [0.15, 0.2) is 59.5 Å². The number of rotatable bonds is 6. The van der Waals surface area contributed by atoms with E-state index in [1.54, 1.807) is 25.4 Å². The Morgan fingerprint density at radius 3 is 0.932 bits per heavy atom. The van der Waals surface area contributed by atoms with Crippen LogP contribution in [0.25, 0.3) is 199 Å². The number of aromatic nitrogens is 12. The van der Waals surface area contributed by atoms with Crippen LogP contribution in [0.5, 0.6) is 0 Å². The van der Waals surface area contributed by atoms with E-state index in [9.17, 15) is 0 Å². The summed E-state index contributed by atoms with van der Waals surface area (Å²) < 4.78 is 73.4. The molecule has 0 bridgehead atoms. The van der Waals surface area contributed by atoms with Gasteiger partial charge in [-0.3, -0.25) is 29.9 Å². The largest absolute Gasteiger partial charge is 0.455 e. The summed E-state index contributed by atoms with van der Waals surface area (Å²) in [5.41, 5.74) is 35.4. The summed E-state index contributed by atoms with van der Waals surface area (Å²) in [5, 5.41) is 12.6. The van der Waals surface area contributed by atoms with Crippen LogP contribution in [0.4, 0.5) is 0 Å². The van der Waals surface area contributed by atoms with E-state index in [0.717, 1.165) is 211 Å². The smallest absolute Gasteiger partial charge is 0.216 e. The third-order valence-electron chi connectivity index (χ3n) is 25.1. The van der Waals surface area contributed by atoms with E-state index < -0.39 is 6.85 Å². The Morgan fingerprint density at radius 1 is 0.235 bits per heavy atom. The Kier molecular flexibility index (Phi) is 21.8. The standard InChI is InChI=1S/C20H19N2O.4C19H17N2O.C18H15N2O/c1-12-8-9-15-19-14(3)21-13(2)11-17(19)23-20(15)18(12)16-7-5-6-10-22(16)4;2*1-12-7-8-14-15-9-10-20-13(2)18(15)22-19(14)17(12)16-6-4-5-11-21(16)3;1-12-7-8-14-15-11-20-13(2)10-17(15)22-19(14)18(12)16-6-4-5-9-21(16)3;1-12-7-8-14-15-10-13(2)20-11-17(15)22-19(14)18(12)16-6-4-5-9-21(16)3;1-12-6-7-14-13-8-9-19-11-16(13)21-18(14)17(12)15-5-3-4-10-20(15)2/h5-11H,1-4H3;4*4-11H,1-3H3;3-11H,1-2H3/q6*+1/i3D3;;;;;. The quantitative estimate of drug-likeness (QED) is 0.144. The van der Waals surface area contributed by atoms with Gasteiger partial charge in [-0.25, -0.2) is 27.4 Å². The highest BCUT2D eigenvalue weighted by Gasteiger charge is 2.28. The Morgan fingerprint density at radius 2 is 0.538 bits per heavy atom. The summed E-state index contributed by atoms with van der Waals surface area (Å²) in [4.78, 5) is 25.9. The molecule has 0 spiro atoms. The minimum Gasteiger partial charge on any atom is -0.455 e. The summed E-state index contributed by atoms with van der Waals surface area (Å²) in [6.07, 6.45) is 23.3. The van der Waals surface area contributed by atoms with Crippen molar-refractivity contribution in [2.45, 2.75) is 83.0 Å². The normalized spacial score (nSPS) is 11.8. The van der Waals surface area contributed by atoms with Crippen molar-refractivity contribution in [3.8, 4) is 67.5 Å². The molecule has 0 N–H and O–H groups in total. The highest BCUT2D eigenvalue weighted by atomic mass is 16.4. The molecule has 24 aromatic rings. The second-order valence-electron chi connectivity index (χ2n) is 34.1. The molecule has 0 fully saturated rings. The third-order valence-corrected chi connectivity index (χ3v) is 25.1. The van der Waals surface area contributed by atoms with Crippen molar-refractivity contribution in [2.24, 2.45) is 42.3 Å². The molecule has 18 nitrogen and oxygen atoms in total. The molecule has 0 atom stereocenters. The van der Waals surface area contributed by atoms with E-state index in [2.05, 4.69) is 281 Å². The maximum absolute atomic E-state index is 7.88. The van der Waals surface area contributed by atoms with Gasteiger partial charge in [-0.05, 0) is 177 Å². The van der Waals surface area contributed by atoms with Crippen molar-refractivity contribution in [1.29, 1.82) is 0 Å². The zero-order valence-corrected chi connectivity index (χ0v) is 77.0. The lowest BCUT2D eigenvalue weighted by atomic mass is 10.0. The van der Waals surface area contributed by atoms with Crippen molar-refractivity contribution in [3.63, 3.8) is 0 Å². The van der Waals surface area contributed by atoms with Crippen LogP contribution in [-0.2, 0) is 42.3 Å². The number of benzene rings is 6. The van der Waals surface area contributed by atoms with Crippen molar-refractivity contribution in [2.75, 3.05) is 0 Å². The van der Waals surface area contributed by atoms with Crippen LogP contribution in [0, 0.1) is 83.0 Å². The molecule has 0 saturated heterocycles. The molecule has 0 aliphatic rings.